The third-order valence-electron chi connectivity index (χ3n) is 3.96. The molecule has 5 heteroatoms. The second kappa shape index (κ2) is 5.63. The van der Waals surface area contributed by atoms with Crippen molar-refractivity contribution in [1.29, 1.82) is 0 Å². The molecular formula is C15H21N5. The maximum absolute atomic E-state index is 4.22. The minimum absolute atomic E-state index is 0.542. The zero-order valence-corrected chi connectivity index (χ0v) is 12.1. The zero-order chi connectivity index (χ0) is 13.9. The largest absolute Gasteiger partial charge is 0.382 e. The third kappa shape index (κ3) is 2.67. The summed E-state index contributed by atoms with van der Waals surface area (Å²) in [4.78, 5) is 2.38. The first-order chi connectivity index (χ1) is 9.74. The Morgan fingerprint density at radius 1 is 1.15 bits per heavy atom. The van der Waals surface area contributed by atoms with Crippen molar-refractivity contribution in [3.8, 4) is 11.4 Å². The van der Waals surface area contributed by atoms with Gasteiger partial charge in [-0.1, -0.05) is 12.1 Å². The number of hydrogen-bond acceptors (Lipinski definition) is 4. The number of aryl methyl sites for hydroxylation is 1. The van der Waals surface area contributed by atoms with Gasteiger partial charge in [-0.25, -0.2) is 0 Å². The van der Waals surface area contributed by atoms with E-state index in [1.54, 1.807) is 6.33 Å². The van der Waals surface area contributed by atoms with Crippen molar-refractivity contribution in [2.24, 2.45) is 7.05 Å². The number of para-hydroxylation sites is 1. The fourth-order valence-electron chi connectivity index (χ4n) is 2.70. The van der Waals surface area contributed by atoms with Gasteiger partial charge in [0.2, 0.25) is 0 Å². The lowest BCUT2D eigenvalue weighted by Gasteiger charge is -2.30. The van der Waals surface area contributed by atoms with Gasteiger partial charge in [0.05, 0.1) is 0 Å². The smallest absolute Gasteiger partial charge is 0.165 e. The molecule has 1 N–H and O–H groups in total. The maximum Gasteiger partial charge on any atom is 0.165 e. The zero-order valence-electron chi connectivity index (χ0n) is 12.1. The molecule has 1 aliphatic heterocycles. The van der Waals surface area contributed by atoms with Crippen LogP contribution in [0.3, 0.4) is 0 Å². The predicted octanol–water partition coefficient (Wildman–Crippen LogP) is 1.99. The first-order valence-electron chi connectivity index (χ1n) is 7.12. The molecule has 0 spiro atoms. The van der Waals surface area contributed by atoms with Crippen LogP contribution in [0.25, 0.3) is 11.4 Å². The lowest BCUT2D eigenvalue weighted by Crippen LogP contribution is -2.36. The third-order valence-corrected chi connectivity index (χ3v) is 3.96. The van der Waals surface area contributed by atoms with Gasteiger partial charge in [0.25, 0.3) is 0 Å². The van der Waals surface area contributed by atoms with E-state index >= 15 is 0 Å². The molecule has 106 valence electrons. The van der Waals surface area contributed by atoms with Crippen LogP contribution in [0, 0.1) is 0 Å². The molecule has 1 aromatic heterocycles. The van der Waals surface area contributed by atoms with Crippen LogP contribution < -0.4 is 5.32 Å². The molecule has 3 rings (SSSR count). The van der Waals surface area contributed by atoms with Crippen molar-refractivity contribution in [3.63, 3.8) is 0 Å². The topological polar surface area (TPSA) is 46.0 Å². The molecule has 1 fully saturated rings. The maximum atomic E-state index is 4.22. The van der Waals surface area contributed by atoms with E-state index in [-0.39, 0.29) is 0 Å². The summed E-state index contributed by atoms with van der Waals surface area (Å²) in [7, 11) is 4.16. The summed E-state index contributed by atoms with van der Waals surface area (Å²) < 4.78 is 1.95. The Morgan fingerprint density at radius 3 is 2.60 bits per heavy atom. The number of hydrogen-bond donors (Lipinski definition) is 1. The molecule has 0 amide bonds. The van der Waals surface area contributed by atoms with E-state index in [1.807, 2.05) is 17.7 Å². The molecule has 2 aromatic rings. The molecule has 0 radical (unpaired) electrons. The highest BCUT2D eigenvalue weighted by atomic mass is 15.2. The summed E-state index contributed by atoms with van der Waals surface area (Å²) in [6.45, 7) is 2.31. The van der Waals surface area contributed by atoms with Crippen LogP contribution in [-0.4, -0.2) is 45.8 Å². The molecule has 5 nitrogen and oxygen atoms in total. The fourth-order valence-corrected chi connectivity index (χ4v) is 2.70. The average Bonchev–Trinajstić information content (AvgIpc) is 2.88. The summed E-state index contributed by atoms with van der Waals surface area (Å²) in [6, 6.07) is 8.88. The van der Waals surface area contributed by atoms with Crippen LogP contribution in [0.1, 0.15) is 12.8 Å². The Hall–Kier alpha value is -1.88. The molecular weight excluding hydrogens is 250 g/mol. The molecule has 2 heterocycles. The Balaban J connectivity index is 1.82. The lowest BCUT2D eigenvalue weighted by molar-refractivity contribution is 0.264. The number of piperidine rings is 1. The van der Waals surface area contributed by atoms with Gasteiger partial charge < -0.3 is 14.8 Å². The molecule has 0 aliphatic carbocycles. The highest BCUT2D eigenvalue weighted by Gasteiger charge is 2.18. The predicted molar refractivity (Wildman–Crippen MR) is 80.6 cm³/mol. The Morgan fingerprint density at radius 2 is 1.90 bits per heavy atom. The molecule has 1 aliphatic rings. The summed E-state index contributed by atoms with van der Waals surface area (Å²) in [5.41, 5.74) is 2.27. The number of likely N-dealkylation sites (tertiary alicyclic amines) is 1. The number of rotatable bonds is 3. The summed E-state index contributed by atoms with van der Waals surface area (Å²) in [5, 5.41) is 11.9. The number of nitrogens with one attached hydrogen (secondary N) is 1. The van der Waals surface area contributed by atoms with Gasteiger partial charge in [-0.05, 0) is 45.1 Å². The molecule has 0 bridgehead atoms. The standard InChI is InChI=1S/C15H21N5/c1-19-9-7-12(8-10-19)17-14-6-4-3-5-13(14)15-18-16-11-20(15)2/h3-6,11-12,17H,7-10H2,1-2H3. The fraction of sp³-hybridized carbons (Fsp3) is 0.467. The second-order valence-electron chi connectivity index (χ2n) is 5.53. The normalized spacial score (nSPS) is 17.3. The van der Waals surface area contributed by atoms with Crippen molar-refractivity contribution in [2.75, 3.05) is 25.5 Å². The van der Waals surface area contributed by atoms with Gasteiger partial charge in [0.15, 0.2) is 5.82 Å². The van der Waals surface area contributed by atoms with E-state index in [0.717, 1.165) is 30.2 Å². The molecule has 0 unspecified atom stereocenters. The van der Waals surface area contributed by atoms with Crippen LogP contribution in [0.15, 0.2) is 30.6 Å². The van der Waals surface area contributed by atoms with Crippen molar-refractivity contribution < 1.29 is 0 Å². The van der Waals surface area contributed by atoms with Gasteiger partial charge in [0, 0.05) is 24.3 Å². The first kappa shape index (κ1) is 13.1. The number of anilines is 1. The van der Waals surface area contributed by atoms with Crippen molar-refractivity contribution >= 4 is 5.69 Å². The summed E-state index contributed by atoms with van der Waals surface area (Å²) >= 11 is 0. The van der Waals surface area contributed by atoms with Gasteiger partial charge in [-0.3, -0.25) is 0 Å². The summed E-state index contributed by atoms with van der Waals surface area (Å²) in [6.07, 6.45) is 4.11. The van der Waals surface area contributed by atoms with Crippen LogP contribution in [0.4, 0.5) is 5.69 Å². The van der Waals surface area contributed by atoms with Crippen molar-refractivity contribution in [1.82, 2.24) is 19.7 Å². The Bertz CT molecular complexity index is 569. The average molecular weight is 271 g/mol. The van der Waals surface area contributed by atoms with Crippen LogP contribution in [-0.2, 0) is 7.05 Å². The van der Waals surface area contributed by atoms with E-state index in [4.69, 9.17) is 0 Å². The van der Waals surface area contributed by atoms with E-state index in [9.17, 15) is 0 Å². The molecule has 0 atom stereocenters. The van der Waals surface area contributed by atoms with Crippen molar-refractivity contribution in [3.05, 3.63) is 30.6 Å². The molecule has 1 aromatic carbocycles. The highest BCUT2D eigenvalue weighted by Crippen LogP contribution is 2.27. The summed E-state index contributed by atoms with van der Waals surface area (Å²) in [5.74, 6) is 0.904. The minimum Gasteiger partial charge on any atom is -0.382 e. The Labute approximate surface area is 119 Å². The number of benzene rings is 1. The van der Waals surface area contributed by atoms with Gasteiger partial charge in [-0.2, -0.15) is 0 Å². The van der Waals surface area contributed by atoms with E-state index in [1.165, 1.54) is 12.8 Å². The quantitative estimate of drug-likeness (QED) is 0.927. The van der Waals surface area contributed by atoms with E-state index in [2.05, 4.69) is 45.7 Å². The number of aromatic nitrogens is 3. The van der Waals surface area contributed by atoms with Gasteiger partial charge in [-0.15, -0.1) is 10.2 Å². The highest BCUT2D eigenvalue weighted by molar-refractivity contribution is 5.73. The van der Waals surface area contributed by atoms with Crippen molar-refractivity contribution in [2.45, 2.75) is 18.9 Å². The Kier molecular flexibility index (Phi) is 3.69. The molecule has 1 saturated heterocycles. The second-order valence-corrected chi connectivity index (χ2v) is 5.53. The first-order valence-corrected chi connectivity index (χ1v) is 7.12. The van der Waals surface area contributed by atoms with E-state index in [0.29, 0.717) is 6.04 Å². The SMILES string of the molecule is CN1CCC(Nc2ccccc2-c2nncn2C)CC1. The molecule has 0 saturated carbocycles. The van der Waals surface area contributed by atoms with Gasteiger partial charge >= 0.3 is 0 Å². The molecule has 20 heavy (non-hydrogen) atoms. The number of nitrogens with zero attached hydrogens (tertiary/aromatic N) is 4. The van der Waals surface area contributed by atoms with Crippen LogP contribution in [0.2, 0.25) is 0 Å². The van der Waals surface area contributed by atoms with Crippen LogP contribution in [0.5, 0.6) is 0 Å². The van der Waals surface area contributed by atoms with Crippen LogP contribution >= 0.6 is 0 Å². The minimum atomic E-state index is 0.542. The van der Waals surface area contributed by atoms with E-state index < -0.39 is 0 Å². The lowest BCUT2D eigenvalue weighted by atomic mass is 10.0. The monoisotopic (exact) mass is 271 g/mol. The van der Waals surface area contributed by atoms with Gasteiger partial charge in [0.1, 0.15) is 6.33 Å².